The molecule has 0 unspecified atom stereocenters. The molecule has 9 heteroatoms. The minimum atomic E-state index is -3.95. The Hall–Kier alpha value is -2.68. The van der Waals surface area contributed by atoms with E-state index in [2.05, 4.69) is 5.32 Å². The minimum absolute atomic E-state index is 0.114. The average molecular weight is 519 g/mol. The second-order valence-electron chi connectivity index (χ2n) is 7.41. The van der Waals surface area contributed by atoms with E-state index in [4.69, 9.17) is 16.3 Å². The number of ether oxygens (including phenoxy) is 1. The molecule has 0 aromatic heterocycles. The van der Waals surface area contributed by atoms with Crippen LogP contribution in [0.5, 0.6) is 5.75 Å². The van der Waals surface area contributed by atoms with Gasteiger partial charge in [0.2, 0.25) is 5.91 Å². The predicted molar refractivity (Wildman–Crippen MR) is 139 cm³/mol. The maximum absolute atomic E-state index is 13.3. The second-order valence-corrected chi connectivity index (χ2v) is 10.8. The van der Waals surface area contributed by atoms with E-state index in [1.807, 2.05) is 24.3 Å². The molecule has 0 aliphatic rings. The number of nitrogens with zero attached hydrogens (tertiary/aromatic N) is 1. The van der Waals surface area contributed by atoms with E-state index >= 15 is 0 Å². The van der Waals surface area contributed by atoms with E-state index in [-0.39, 0.29) is 17.3 Å². The lowest BCUT2D eigenvalue weighted by atomic mass is 10.2. The molecule has 0 bridgehead atoms. The van der Waals surface area contributed by atoms with E-state index in [0.29, 0.717) is 18.0 Å². The number of benzene rings is 3. The van der Waals surface area contributed by atoms with Gasteiger partial charge in [-0.05, 0) is 54.1 Å². The van der Waals surface area contributed by atoms with E-state index in [1.54, 1.807) is 54.2 Å². The monoisotopic (exact) mass is 518 g/mol. The summed E-state index contributed by atoms with van der Waals surface area (Å²) < 4.78 is 33.0. The molecular formula is C25H27ClN2O4S2. The third kappa shape index (κ3) is 7.41. The van der Waals surface area contributed by atoms with Gasteiger partial charge in [-0.25, -0.2) is 8.42 Å². The Balaban J connectivity index is 1.59. The summed E-state index contributed by atoms with van der Waals surface area (Å²) in [6.07, 6.45) is 0.765. The van der Waals surface area contributed by atoms with Crippen LogP contribution in [0.4, 0.5) is 5.69 Å². The number of carbonyl (C=O) groups excluding carboxylic acids is 1. The Morgan fingerprint density at radius 2 is 1.79 bits per heavy atom. The molecule has 0 saturated carbocycles. The Kier molecular flexibility index (Phi) is 9.68. The van der Waals surface area contributed by atoms with Gasteiger partial charge in [-0.15, -0.1) is 0 Å². The molecule has 3 rings (SSSR count). The molecule has 6 nitrogen and oxygen atoms in total. The Bertz CT molecular complexity index is 1190. The first-order valence-electron chi connectivity index (χ1n) is 10.7. The van der Waals surface area contributed by atoms with Crippen molar-refractivity contribution in [1.29, 1.82) is 0 Å². The van der Waals surface area contributed by atoms with Crippen molar-refractivity contribution in [3.63, 3.8) is 0 Å². The highest BCUT2D eigenvalue weighted by molar-refractivity contribution is 7.98. The summed E-state index contributed by atoms with van der Waals surface area (Å²) in [7, 11) is -2.44. The van der Waals surface area contributed by atoms with Crippen molar-refractivity contribution in [1.82, 2.24) is 5.32 Å². The molecule has 3 aromatic rings. The van der Waals surface area contributed by atoms with Crippen LogP contribution in [0, 0.1) is 0 Å². The molecule has 180 valence electrons. The van der Waals surface area contributed by atoms with E-state index < -0.39 is 10.0 Å². The summed E-state index contributed by atoms with van der Waals surface area (Å²) >= 11 is 7.76. The fourth-order valence-corrected chi connectivity index (χ4v) is 5.76. The first-order chi connectivity index (χ1) is 16.4. The molecule has 0 atom stereocenters. The second kappa shape index (κ2) is 12.7. The highest BCUT2D eigenvalue weighted by Crippen LogP contribution is 2.26. The Morgan fingerprint density at radius 1 is 1.03 bits per heavy atom. The Morgan fingerprint density at radius 3 is 2.53 bits per heavy atom. The van der Waals surface area contributed by atoms with Crippen molar-refractivity contribution < 1.29 is 17.9 Å². The number of thioether (sulfide) groups is 1. The van der Waals surface area contributed by atoms with Crippen LogP contribution in [0.2, 0.25) is 5.02 Å². The van der Waals surface area contributed by atoms with Crippen LogP contribution in [0.1, 0.15) is 12.0 Å². The molecule has 1 N–H and O–H groups in total. The lowest BCUT2D eigenvalue weighted by Crippen LogP contribution is -2.41. The van der Waals surface area contributed by atoms with Crippen LogP contribution < -0.4 is 14.4 Å². The zero-order chi connectivity index (χ0) is 24.4. The number of nitrogens with one attached hydrogen (secondary N) is 1. The third-order valence-corrected chi connectivity index (χ3v) is 8.04. The highest BCUT2D eigenvalue weighted by atomic mass is 35.5. The van der Waals surface area contributed by atoms with Crippen molar-refractivity contribution in [2.45, 2.75) is 17.1 Å². The number of methoxy groups -OCH3 is 1. The van der Waals surface area contributed by atoms with Gasteiger partial charge in [0.25, 0.3) is 10.0 Å². The maximum Gasteiger partial charge on any atom is 0.264 e. The van der Waals surface area contributed by atoms with E-state index in [9.17, 15) is 13.2 Å². The number of rotatable bonds is 12. The molecule has 34 heavy (non-hydrogen) atoms. The third-order valence-electron chi connectivity index (χ3n) is 4.91. The largest absolute Gasteiger partial charge is 0.497 e. The lowest BCUT2D eigenvalue weighted by Gasteiger charge is -2.24. The number of hydrogen-bond acceptors (Lipinski definition) is 5. The number of hydrogen-bond donors (Lipinski definition) is 1. The zero-order valence-corrected chi connectivity index (χ0v) is 21.2. The number of sulfonamides is 1. The average Bonchev–Trinajstić information content (AvgIpc) is 2.85. The number of halogens is 1. The first kappa shape index (κ1) is 25.9. The van der Waals surface area contributed by atoms with Crippen LogP contribution in [0.15, 0.2) is 83.8 Å². The summed E-state index contributed by atoms with van der Waals surface area (Å²) in [5.74, 6) is 1.83. The van der Waals surface area contributed by atoms with Crippen molar-refractivity contribution in [2.75, 3.05) is 30.3 Å². The SMILES string of the molecule is COc1cccc(N(CC(=O)NCCCSCc2cccc(Cl)c2)S(=O)(=O)c2ccccc2)c1. The van der Waals surface area contributed by atoms with Crippen LogP contribution >= 0.6 is 23.4 Å². The molecule has 0 saturated heterocycles. The molecule has 0 heterocycles. The fourth-order valence-electron chi connectivity index (χ4n) is 3.21. The lowest BCUT2D eigenvalue weighted by molar-refractivity contribution is -0.119. The molecule has 0 aliphatic heterocycles. The fraction of sp³-hybridized carbons (Fsp3) is 0.240. The summed E-state index contributed by atoms with van der Waals surface area (Å²) in [5.41, 5.74) is 1.51. The number of anilines is 1. The highest BCUT2D eigenvalue weighted by Gasteiger charge is 2.27. The molecule has 0 fully saturated rings. The first-order valence-corrected chi connectivity index (χ1v) is 13.7. The summed E-state index contributed by atoms with van der Waals surface area (Å²) in [5, 5.41) is 3.55. The van der Waals surface area contributed by atoms with Gasteiger partial charge in [0.1, 0.15) is 12.3 Å². The van der Waals surface area contributed by atoms with Crippen LogP contribution in [-0.2, 0) is 20.6 Å². The molecule has 3 aromatic carbocycles. The zero-order valence-electron chi connectivity index (χ0n) is 18.8. The Labute approximate surface area is 210 Å². The predicted octanol–water partition coefficient (Wildman–Crippen LogP) is 4.98. The number of carbonyl (C=O) groups is 1. The van der Waals surface area contributed by atoms with Gasteiger partial charge >= 0.3 is 0 Å². The topological polar surface area (TPSA) is 75.7 Å². The normalized spacial score (nSPS) is 11.1. The van der Waals surface area contributed by atoms with Crippen LogP contribution in [-0.4, -0.2) is 40.3 Å². The molecule has 0 aliphatic carbocycles. The van der Waals surface area contributed by atoms with Crippen molar-refractivity contribution in [3.8, 4) is 5.75 Å². The van der Waals surface area contributed by atoms with Gasteiger partial charge in [-0.2, -0.15) is 11.8 Å². The van der Waals surface area contributed by atoms with Crippen molar-refractivity contribution in [2.24, 2.45) is 0 Å². The summed E-state index contributed by atoms with van der Waals surface area (Å²) in [4.78, 5) is 12.8. The molecule has 1 amide bonds. The van der Waals surface area contributed by atoms with Gasteiger partial charge in [0.15, 0.2) is 0 Å². The van der Waals surface area contributed by atoms with Crippen LogP contribution in [0.3, 0.4) is 0 Å². The van der Waals surface area contributed by atoms with Crippen molar-refractivity contribution in [3.05, 3.63) is 89.4 Å². The summed E-state index contributed by atoms with van der Waals surface area (Å²) in [6.45, 7) is 0.124. The van der Waals surface area contributed by atoms with E-state index in [0.717, 1.165) is 32.8 Å². The van der Waals surface area contributed by atoms with E-state index in [1.165, 1.54) is 19.2 Å². The standard InChI is InChI=1S/C25H27ClN2O4S2/c1-32-23-11-6-10-22(17-23)28(34(30,31)24-12-3-2-4-13-24)18-25(29)27-14-7-15-33-19-20-8-5-9-21(26)16-20/h2-6,8-13,16-17H,7,14-15,18-19H2,1H3,(H,27,29). The molecule has 0 radical (unpaired) electrons. The van der Waals surface area contributed by atoms with Crippen LogP contribution in [0.25, 0.3) is 0 Å². The smallest absolute Gasteiger partial charge is 0.264 e. The molecule has 0 spiro atoms. The van der Waals surface area contributed by atoms with Gasteiger partial charge in [0.05, 0.1) is 17.7 Å². The maximum atomic E-state index is 13.3. The van der Waals surface area contributed by atoms with Gasteiger partial charge in [-0.1, -0.05) is 48.0 Å². The summed E-state index contributed by atoms with van der Waals surface area (Å²) in [6, 6.07) is 22.5. The van der Waals surface area contributed by atoms with Crippen molar-refractivity contribution >= 4 is 45.0 Å². The van der Waals surface area contributed by atoms with Gasteiger partial charge < -0.3 is 10.1 Å². The molecular weight excluding hydrogens is 492 g/mol. The van der Waals surface area contributed by atoms with Gasteiger partial charge in [0, 0.05) is 23.4 Å². The van der Waals surface area contributed by atoms with Gasteiger partial charge in [-0.3, -0.25) is 9.10 Å². The minimum Gasteiger partial charge on any atom is -0.497 e. The number of amides is 1. The quantitative estimate of drug-likeness (QED) is 0.342.